The van der Waals surface area contributed by atoms with Gasteiger partial charge in [0.25, 0.3) is 9.05 Å². The van der Waals surface area contributed by atoms with Crippen LogP contribution in [0.5, 0.6) is 5.75 Å². The van der Waals surface area contributed by atoms with Gasteiger partial charge in [-0.25, -0.2) is 35.9 Å². The number of fused-ring (bicyclic) bond motifs is 9. The van der Waals surface area contributed by atoms with Gasteiger partial charge in [0.2, 0.25) is 10.0 Å². The zero-order valence-electron chi connectivity index (χ0n) is 68.2. The minimum atomic E-state index is -4.93. The van der Waals surface area contributed by atoms with Gasteiger partial charge in [-0.3, -0.25) is 0 Å². The van der Waals surface area contributed by atoms with Crippen LogP contribution in [0, 0.1) is 6.92 Å². The molecule has 14 rings (SSSR count). The van der Waals surface area contributed by atoms with Crippen molar-refractivity contribution in [3.05, 3.63) is 210 Å². The molecule has 3 aliphatic heterocycles. The topological polar surface area (TPSA) is 332 Å². The van der Waals surface area contributed by atoms with Crippen LogP contribution < -0.4 is 15.2 Å². The standard InChI is InChI=1S/C29H30F3N3O6S.C22H25N5O3.C22H27N3O3.C7H7ClO2S.C6H15N/c1-28(2,3)41-27(37)34-16-22(33-42(38,39)19-14-12-18(13-15-19)40-29(30,31)32)26(36)25(17-34)35-23-10-6-4-8-20(23)21-9-5-7-11-24(21)35;1-22(2,3)30-21(29)26-12-16(24-25-23)20(28)19(13-26)27-17-10-6-4-8-14(17)15-9-5-7-11-18(15)27;1-22(2,3)28-21(27)24-12-16(23)20(26)19(13-24)25-17-10-6-4-8-14(17)15-9-5-7-11-18(15)25;1-6-2-4-7(5-3-6)11(8,9)10;1-4-7(5-2)6-3/h4-15,22,25-26,33,36H,16-17H2,1-3H3;4-11,16,19-20,28H,12-13H2,1-3H3;4-11,16,19-20,26H,12-13,23H2,1-3H3;2-5H,1H3;4-6H2,1-3H3. The predicted octanol–water partition coefficient (Wildman–Crippen LogP) is 16.4. The first-order valence-corrected chi connectivity index (χ1v) is 42.7. The summed E-state index contributed by atoms with van der Waals surface area (Å²) in [5.41, 5.74) is 19.7. The highest BCUT2D eigenvalue weighted by molar-refractivity contribution is 8.13. The molecule has 3 fully saturated rings. The van der Waals surface area contributed by atoms with Crippen molar-refractivity contribution in [3.8, 4) is 5.75 Å². The molecule has 0 radical (unpaired) electrons. The lowest BCUT2D eigenvalue weighted by Gasteiger charge is -2.42. The number of piperidine rings is 3. The van der Waals surface area contributed by atoms with Crippen LogP contribution in [0.2, 0.25) is 0 Å². The molecule has 0 saturated carbocycles. The Labute approximate surface area is 689 Å². The summed E-state index contributed by atoms with van der Waals surface area (Å²) in [7, 11) is -2.81. The molecule has 3 aliphatic rings. The number of nitrogens with zero attached hydrogens (tertiary/aromatic N) is 10. The van der Waals surface area contributed by atoms with Crippen molar-refractivity contribution in [1.29, 1.82) is 0 Å². The molecule has 9 atom stereocenters. The minimum Gasteiger partial charge on any atom is -0.444 e. The first kappa shape index (κ1) is 90.2. The summed E-state index contributed by atoms with van der Waals surface area (Å²) in [6, 6.07) is 53.2. The van der Waals surface area contributed by atoms with Gasteiger partial charge < -0.3 is 73.3 Å². The number of nitrogens with two attached hydrogens (primary N) is 1. The van der Waals surface area contributed by atoms with Crippen LogP contribution in [0.15, 0.2) is 209 Å². The van der Waals surface area contributed by atoms with Gasteiger partial charge in [-0.15, -0.1) is 13.2 Å². The summed E-state index contributed by atoms with van der Waals surface area (Å²) in [6.07, 6.45) is -9.52. The number of aryl methyl sites for hydroxylation is 1. The number of likely N-dealkylation sites (tertiary alicyclic amines) is 3. The second-order valence-corrected chi connectivity index (χ2v) is 36.4. The van der Waals surface area contributed by atoms with Gasteiger partial charge >= 0.3 is 24.6 Å². The Balaban J connectivity index is 0.000000171. The van der Waals surface area contributed by atoms with Crippen LogP contribution in [-0.4, -0.2) is 202 Å². The van der Waals surface area contributed by atoms with Gasteiger partial charge in [-0.1, -0.05) is 153 Å². The number of amides is 3. The van der Waals surface area contributed by atoms with Gasteiger partial charge in [-0.05, 0) is 167 Å². The smallest absolute Gasteiger partial charge is 0.444 e. The second kappa shape index (κ2) is 37.4. The number of hydrogen-bond acceptors (Lipinski definition) is 17. The average Bonchev–Trinajstić information content (AvgIpc) is 1.61. The zero-order chi connectivity index (χ0) is 86.1. The van der Waals surface area contributed by atoms with Gasteiger partial charge in [0.15, 0.2) is 0 Å². The lowest BCUT2D eigenvalue weighted by Crippen LogP contribution is -2.60. The van der Waals surface area contributed by atoms with Gasteiger partial charge in [0.05, 0.1) is 64.4 Å². The number of aliphatic hydroxyl groups excluding tert-OH is 3. The normalized spacial score (nSPS) is 20.0. The fourth-order valence-corrected chi connectivity index (χ4v) is 16.9. The Hall–Kier alpha value is -10.2. The van der Waals surface area contributed by atoms with Crippen LogP contribution in [0.4, 0.5) is 27.6 Å². The molecule has 3 aromatic heterocycles. The molecule has 11 aromatic rings. The number of azide groups is 1. The molecular formula is C86H104ClF3N12O14S2. The maximum Gasteiger partial charge on any atom is 0.573 e. The highest BCUT2D eigenvalue weighted by Crippen LogP contribution is 2.40. The van der Waals surface area contributed by atoms with E-state index < -0.39 is 115 Å². The maximum atomic E-state index is 13.3. The van der Waals surface area contributed by atoms with E-state index in [4.69, 9.17) is 36.2 Å². The van der Waals surface area contributed by atoms with Crippen molar-refractivity contribution in [2.45, 2.75) is 178 Å². The third-order valence-electron chi connectivity index (χ3n) is 20.2. The molecule has 6 heterocycles. The van der Waals surface area contributed by atoms with E-state index in [-0.39, 0.29) is 48.6 Å². The van der Waals surface area contributed by atoms with Crippen LogP contribution in [0.3, 0.4) is 0 Å². The molecule has 0 aliphatic carbocycles. The van der Waals surface area contributed by atoms with Gasteiger partial charge in [0.1, 0.15) is 22.6 Å². The van der Waals surface area contributed by atoms with E-state index in [1.54, 1.807) is 58.6 Å². The van der Waals surface area contributed by atoms with Crippen molar-refractivity contribution in [1.82, 2.24) is 38.0 Å². The lowest BCUT2D eigenvalue weighted by molar-refractivity contribution is -0.274. The van der Waals surface area contributed by atoms with Gasteiger partial charge in [-0.2, -0.15) is 0 Å². The molecule has 9 unspecified atom stereocenters. The number of hydrogen-bond donors (Lipinski definition) is 5. The summed E-state index contributed by atoms with van der Waals surface area (Å²) in [6.45, 7) is 28.8. The maximum absolute atomic E-state index is 13.3. The van der Waals surface area contributed by atoms with Crippen molar-refractivity contribution in [2.75, 3.05) is 58.9 Å². The molecule has 32 heteroatoms. The number of sulfonamides is 1. The van der Waals surface area contributed by atoms with E-state index >= 15 is 0 Å². The van der Waals surface area contributed by atoms with Crippen molar-refractivity contribution < 1.29 is 78.7 Å². The fraction of sp³-hybridized carbons (Fsp3) is 0.407. The quantitative estimate of drug-likeness (QED) is 0.0249. The molecular weight excluding hydrogens is 1580 g/mol. The molecule has 0 spiro atoms. The summed E-state index contributed by atoms with van der Waals surface area (Å²) in [5.74, 6) is -0.582. The molecule has 632 valence electrons. The number of benzene rings is 8. The van der Waals surface area contributed by atoms with E-state index in [1.807, 2.05) is 170 Å². The van der Waals surface area contributed by atoms with E-state index in [1.165, 1.54) is 41.6 Å². The van der Waals surface area contributed by atoms with E-state index in [0.29, 0.717) is 6.54 Å². The third-order valence-corrected chi connectivity index (χ3v) is 23.1. The molecule has 6 N–H and O–H groups in total. The van der Waals surface area contributed by atoms with Crippen LogP contribution in [0.25, 0.3) is 75.9 Å². The van der Waals surface area contributed by atoms with E-state index in [9.17, 15) is 59.7 Å². The first-order chi connectivity index (χ1) is 55.5. The SMILES string of the molecule is CC(C)(C)OC(=O)N1CC(N)C(O)C(n2c3ccccc3c3ccccc32)C1.CC(C)(C)OC(=O)N1CC(N=[N+]=[N-])C(O)C(n2c3ccccc3c3ccccc32)C1.CC(C)(C)OC(=O)N1CC(NS(=O)(=O)c2ccc(OC(F)(F)F)cc2)C(O)C(n2c3ccccc3c3ccccc32)C1.CCN(CC)CC.Cc1ccc(S(=O)(=O)Cl)cc1. The number of aromatic nitrogens is 3. The Bertz CT molecular complexity index is 5460. The predicted molar refractivity (Wildman–Crippen MR) is 453 cm³/mol. The Morgan fingerprint density at radius 1 is 0.492 bits per heavy atom. The summed E-state index contributed by atoms with van der Waals surface area (Å²) >= 11 is 0. The van der Waals surface area contributed by atoms with Crippen LogP contribution in [-0.2, 0) is 33.3 Å². The molecule has 3 amide bonds. The fourth-order valence-electron chi connectivity index (χ4n) is 14.9. The molecule has 0 bridgehead atoms. The Morgan fingerprint density at radius 2 is 0.805 bits per heavy atom. The number of carbonyl (C=O) groups excluding carboxylic acids is 3. The number of nitrogens with one attached hydrogen (secondary N) is 1. The van der Waals surface area contributed by atoms with Crippen molar-refractivity contribution in [3.63, 3.8) is 0 Å². The number of alkyl halides is 3. The first-order valence-electron chi connectivity index (χ1n) is 38.9. The van der Waals surface area contributed by atoms with E-state index in [2.05, 4.69) is 61.9 Å². The Kier molecular flexibility index (Phi) is 28.6. The largest absolute Gasteiger partial charge is 0.573 e. The number of ether oxygens (including phenoxy) is 4. The number of aliphatic hydroxyl groups is 3. The number of carbonyl (C=O) groups is 3. The second-order valence-electron chi connectivity index (χ2n) is 32.1. The highest BCUT2D eigenvalue weighted by Gasteiger charge is 2.45. The molecule has 3 saturated heterocycles. The summed E-state index contributed by atoms with van der Waals surface area (Å²) in [5, 5.41) is 43.7. The molecule has 118 heavy (non-hydrogen) atoms. The minimum absolute atomic E-state index is 0.0282. The van der Waals surface area contributed by atoms with Crippen LogP contribution in [0.1, 0.15) is 107 Å². The highest BCUT2D eigenvalue weighted by atomic mass is 35.7. The number of para-hydroxylation sites is 6. The summed E-state index contributed by atoms with van der Waals surface area (Å²) < 4.78 is 115. The monoisotopic (exact) mass is 1680 g/mol. The molecule has 26 nitrogen and oxygen atoms in total. The van der Waals surface area contributed by atoms with Gasteiger partial charge in [0, 0.05) is 120 Å². The third kappa shape index (κ3) is 22.0. The summed E-state index contributed by atoms with van der Waals surface area (Å²) in [4.78, 5) is 48.2. The van der Waals surface area contributed by atoms with Crippen molar-refractivity contribution in [2.24, 2.45) is 10.8 Å². The average molecular weight is 1690 g/mol. The number of halogens is 4. The van der Waals surface area contributed by atoms with E-state index in [0.717, 1.165) is 95.2 Å². The molecule has 8 aromatic carbocycles. The van der Waals surface area contributed by atoms with Crippen molar-refractivity contribution >= 4 is 113 Å². The Morgan fingerprint density at radius 3 is 1.12 bits per heavy atom. The zero-order valence-corrected chi connectivity index (χ0v) is 70.6. The lowest BCUT2D eigenvalue weighted by atomic mass is 9.97. The number of rotatable bonds is 12. The van der Waals surface area contributed by atoms with Crippen LogP contribution >= 0.6 is 10.7 Å².